The van der Waals surface area contributed by atoms with E-state index < -0.39 is 0 Å². The first-order valence-corrected chi connectivity index (χ1v) is 9.51. The van der Waals surface area contributed by atoms with Gasteiger partial charge < -0.3 is 14.4 Å². The maximum absolute atomic E-state index is 12.7. The molecule has 0 bridgehead atoms. The monoisotopic (exact) mass is 374 g/mol. The predicted octanol–water partition coefficient (Wildman–Crippen LogP) is 2.96. The number of allylic oxidation sites excluding steroid dienone is 2. The molecule has 0 aromatic carbocycles. The van der Waals surface area contributed by atoms with Gasteiger partial charge in [-0.25, -0.2) is 4.79 Å². The first kappa shape index (κ1) is 18.1. The van der Waals surface area contributed by atoms with E-state index in [1.165, 1.54) is 4.90 Å². The van der Waals surface area contributed by atoms with Crippen LogP contribution in [0.15, 0.2) is 24.5 Å². The second-order valence-corrected chi connectivity index (χ2v) is 7.62. The number of carbonyl (C=O) groups is 1. The Morgan fingerprint density at radius 2 is 2.25 bits per heavy atom. The average molecular weight is 374 g/mol. The van der Waals surface area contributed by atoms with Crippen LogP contribution in [0.3, 0.4) is 0 Å². The van der Waals surface area contributed by atoms with Crippen molar-refractivity contribution >= 4 is 22.5 Å². The number of likely N-dealkylation sites (tertiary alicyclic amines) is 1. The third kappa shape index (κ3) is 2.80. The van der Waals surface area contributed by atoms with Gasteiger partial charge in [0.15, 0.2) is 0 Å². The fraction of sp³-hybridized carbons (Fsp3) is 0.429. The Kier molecular flexibility index (Phi) is 4.52. The van der Waals surface area contributed by atoms with Crippen molar-refractivity contribution in [1.82, 2.24) is 19.4 Å². The highest BCUT2D eigenvalue weighted by molar-refractivity contribution is 5.97. The Morgan fingerprint density at radius 1 is 1.43 bits per heavy atom. The molecule has 0 radical (unpaired) electrons. The van der Waals surface area contributed by atoms with Crippen LogP contribution in [0.5, 0.6) is 0 Å². The Bertz CT molecular complexity index is 1050. The summed E-state index contributed by atoms with van der Waals surface area (Å²) in [4.78, 5) is 20.5. The topological polar surface area (TPSA) is 88.9 Å². The fourth-order valence-corrected chi connectivity index (χ4v) is 4.31. The zero-order chi connectivity index (χ0) is 19.8. The molecule has 7 heteroatoms. The molecule has 28 heavy (non-hydrogen) atoms. The molecule has 1 aliphatic heterocycles. The first-order valence-electron chi connectivity index (χ1n) is 9.51. The van der Waals surface area contributed by atoms with E-state index in [-0.39, 0.29) is 18.6 Å². The van der Waals surface area contributed by atoms with E-state index in [9.17, 15) is 10.1 Å². The summed E-state index contributed by atoms with van der Waals surface area (Å²) in [6, 6.07) is 6.36. The molecule has 2 amide bonds. The quantitative estimate of drug-likeness (QED) is 0.756. The molecular weight excluding hydrogens is 352 g/mol. The fourth-order valence-electron chi connectivity index (χ4n) is 4.31. The zero-order valence-corrected chi connectivity index (χ0v) is 16.1. The van der Waals surface area contributed by atoms with Gasteiger partial charge in [-0.15, -0.1) is 0 Å². The lowest BCUT2D eigenvalue weighted by Gasteiger charge is -2.39. The highest BCUT2D eigenvalue weighted by atomic mass is 16.2. The van der Waals surface area contributed by atoms with E-state index in [1.54, 1.807) is 7.05 Å². The molecule has 1 saturated heterocycles. The van der Waals surface area contributed by atoms with Gasteiger partial charge in [-0.1, -0.05) is 13.0 Å². The molecule has 2 atom stereocenters. The lowest BCUT2D eigenvalue weighted by Crippen LogP contribution is -2.48. The SMILES string of the molecule is C[C@@H]1CCN(C(=O)N(C)CC#N)C[C@@H]1n1ccc2cnc3c(c21)C(C#N)=CC3. The van der Waals surface area contributed by atoms with Crippen LogP contribution < -0.4 is 0 Å². The van der Waals surface area contributed by atoms with Gasteiger partial charge in [0.25, 0.3) is 0 Å². The average Bonchev–Trinajstić information content (AvgIpc) is 3.31. The van der Waals surface area contributed by atoms with Crippen LogP contribution in [0.4, 0.5) is 4.79 Å². The lowest BCUT2D eigenvalue weighted by molar-refractivity contribution is 0.121. The molecule has 1 fully saturated rings. The van der Waals surface area contributed by atoms with Crippen LogP contribution in [-0.4, -0.2) is 52.1 Å². The molecule has 7 nitrogen and oxygen atoms in total. The number of aromatic nitrogens is 2. The number of pyridine rings is 1. The van der Waals surface area contributed by atoms with E-state index >= 15 is 0 Å². The van der Waals surface area contributed by atoms with Crippen molar-refractivity contribution in [1.29, 1.82) is 10.5 Å². The summed E-state index contributed by atoms with van der Waals surface area (Å²) in [5.74, 6) is 0.389. The van der Waals surface area contributed by atoms with Crippen molar-refractivity contribution < 1.29 is 4.79 Å². The summed E-state index contributed by atoms with van der Waals surface area (Å²) in [5.41, 5.74) is 3.58. The zero-order valence-electron chi connectivity index (χ0n) is 16.1. The third-order valence-electron chi connectivity index (χ3n) is 5.90. The van der Waals surface area contributed by atoms with Crippen LogP contribution in [0, 0.1) is 28.6 Å². The predicted molar refractivity (Wildman–Crippen MR) is 105 cm³/mol. The lowest BCUT2D eigenvalue weighted by atomic mass is 9.93. The van der Waals surface area contributed by atoms with Crippen LogP contribution in [0.2, 0.25) is 0 Å². The number of hydrogen-bond donors (Lipinski definition) is 0. The van der Waals surface area contributed by atoms with Crippen molar-refractivity contribution in [2.45, 2.75) is 25.8 Å². The molecule has 0 saturated carbocycles. The first-order chi connectivity index (χ1) is 13.5. The number of carbonyl (C=O) groups excluding carboxylic acids is 1. The van der Waals surface area contributed by atoms with Gasteiger partial charge in [0, 0.05) is 49.9 Å². The molecule has 142 valence electrons. The van der Waals surface area contributed by atoms with Crippen molar-refractivity contribution in [3.63, 3.8) is 0 Å². The van der Waals surface area contributed by atoms with Gasteiger partial charge in [0.1, 0.15) is 6.54 Å². The summed E-state index contributed by atoms with van der Waals surface area (Å²) in [6.45, 7) is 3.56. The molecule has 0 unspecified atom stereocenters. The van der Waals surface area contributed by atoms with Gasteiger partial charge in [0.2, 0.25) is 0 Å². The maximum atomic E-state index is 12.7. The molecule has 2 aromatic heterocycles. The van der Waals surface area contributed by atoms with Crippen molar-refractivity contribution in [2.24, 2.45) is 5.92 Å². The second-order valence-electron chi connectivity index (χ2n) is 7.62. The number of urea groups is 1. The van der Waals surface area contributed by atoms with E-state index in [1.807, 2.05) is 35.5 Å². The molecule has 2 aromatic rings. The third-order valence-corrected chi connectivity index (χ3v) is 5.90. The van der Waals surface area contributed by atoms with E-state index in [0.717, 1.165) is 28.6 Å². The largest absolute Gasteiger partial charge is 0.342 e. The highest BCUT2D eigenvalue weighted by Crippen LogP contribution is 2.37. The van der Waals surface area contributed by atoms with Gasteiger partial charge >= 0.3 is 6.03 Å². The van der Waals surface area contributed by atoms with Crippen molar-refractivity contribution in [2.75, 3.05) is 26.7 Å². The normalized spacial score (nSPS) is 21.0. The highest BCUT2D eigenvalue weighted by Gasteiger charge is 2.33. The smallest absolute Gasteiger partial charge is 0.320 e. The molecule has 0 spiro atoms. The number of fused-ring (bicyclic) bond motifs is 3. The number of nitriles is 2. The van der Waals surface area contributed by atoms with Crippen LogP contribution in [0.1, 0.15) is 30.6 Å². The number of piperidine rings is 1. The molecule has 4 rings (SSSR count). The number of hydrogen-bond acceptors (Lipinski definition) is 4. The second kappa shape index (κ2) is 7.01. The van der Waals surface area contributed by atoms with Gasteiger partial charge in [-0.2, -0.15) is 10.5 Å². The molecule has 0 N–H and O–H groups in total. The standard InChI is InChI=1S/C21H22N6O/c1-14-5-8-26(21(28)25(2)10-7-22)13-18(14)27-9-6-16-12-24-17-4-3-15(11-23)19(17)20(16)27/h3,6,9,12,14,18H,4-5,8,10,13H2,1-2H3/t14-,18+/m1/s1. The van der Waals surface area contributed by atoms with E-state index in [0.29, 0.717) is 31.0 Å². The summed E-state index contributed by atoms with van der Waals surface area (Å²) in [6.07, 6.45) is 7.43. The number of nitrogens with zero attached hydrogens (tertiary/aromatic N) is 6. The molecule has 3 heterocycles. The van der Waals surface area contributed by atoms with Gasteiger partial charge in [-0.3, -0.25) is 4.98 Å². The summed E-state index contributed by atoms with van der Waals surface area (Å²) in [5, 5.41) is 19.4. The summed E-state index contributed by atoms with van der Waals surface area (Å²) >= 11 is 0. The Labute approximate surface area is 164 Å². The molecule has 2 aliphatic rings. The van der Waals surface area contributed by atoms with Crippen molar-refractivity contribution in [3.05, 3.63) is 35.8 Å². The minimum atomic E-state index is -0.112. The Balaban J connectivity index is 1.73. The minimum Gasteiger partial charge on any atom is -0.342 e. The number of rotatable bonds is 2. The van der Waals surface area contributed by atoms with Gasteiger partial charge in [0.05, 0.1) is 35.0 Å². The van der Waals surface area contributed by atoms with E-state index in [4.69, 9.17) is 5.26 Å². The number of amides is 2. The summed E-state index contributed by atoms with van der Waals surface area (Å²) < 4.78 is 2.22. The minimum absolute atomic E-state index is 0.0809. The van der Waals surface area contributed by atoms with E-state index in [2.05, 4.69) is 22.5 Å². The van der Waals surface area contributed by atoms with Crippen molar-refractivity contribution in [3.8, 4) is 12.1 Å². The molecule has 1 aliphatic carbocycles. The van der Waals surface area contributed by atoms with Crippen LogP contribution >= 0.6 is 0 Å². The van der Waals surface area contributed by atoms with Gasteiger partial charge in [-0.05, 0) is 18.4 Å². The van der Waals surface area contributed by atoms with Crippen LogP contribution in [-0.2, 0) is 6.42 Å². The van der Waals surface area contributed by atoms with Crippen LogP contribution in [0.25, 0.3) is 16.5 Å². The molecular formula is C21H22N6O. The maximum Gasteiger partial charge on any atom is 0.320 e. The summed E-state index contributed by atoms with van der Waals surface area (Å²) in [7, 11) is 1.66. The Morgan fingerprint density at radius 3 is 3.00 bits per heavy atom. The Hall–Kier alpha value is -3.32.